The minimum Gasteiger partial charge on any atom is -0.377 e. The largest absolute Gasteiger partial charge is 0.377 e. The van der Waals surface area contributed by atoms with Crippen LogP contribution in [0.1, 0.15) is 95.1 Å². The molecule has 1 aromatic rings. The van der Waals surface area contributed by atoms with Crippen molar-refractivity contribution >= 4 is 0 Å². The van der Waals surface area contributed by atoms with Gasteiger partial charge in [-0.05, 0) is 106 Å². The lowest BCUT2D eigenvalue weighted by atomic mass is 9.68. The molecular formula is C26H38F2O. The fourth-order valence-electron chi connectivity index (χ4n) is 5.39. The summed E-state index contributed by atoms with van der Waals surface area (Å²) in [4.78, 5) is 0. The van der Waals surface area contributed by atoms with E-state index in [0.29, 0.717) is 12.5 Å². The van der Waals surface area contributed by atoms with Gasteiger partial charge in [-0.25, -0.2) is 8.78 Å². The Bertz CT molecular complexity index is 630. The molecule has 2 aliphatic rings. The van der Waals surface area contributed by atoms with Crippen molar-refractivity contribution in [2.24, 2.45) is 17.8 Å². The molecule has 0 heterocycles. The van der Waals surface area contributed by atoms with E-state index < -0.39 is 11.6 Å². The van der Waals surface area contributed by atoms with Crippen LogP contribution in [-0.2, 0) is 11.3 Å². The van der Waals surface area contributed by atoms with Gasteiger partial charge in [0.1, 0.15) is 11.6 Å². The van der Waals surface area contributed by atoms with Gasteiger partial charge in [0.05, 0.1) is 6.61 Å². The zero-order valence-corrected chi connectivity index (χ0v) is 18.3. The third-order valence-electron chi connectivity index (χ3n) is 7.20. The molecule has 3 rings (SSSR count). The van der Waals surface area contributed by atoms with E-state index in [1.807, 2.05) is 6.92 Å². The van der Waals surface area contributed by atoms with E-state index in [-0.39, 0.29) is 12.2 Å². The van der Waals surface area contributed by atoms with Gasteiger partial charge in [0, 0.05) is 12.2 Å². The molecule has 0 saturated heterocycles. The predicted octanol–water partition coefficient (Wildman–Crippen LogP) is 7.94. The van der Waals surface area contributed by atoms with Crippen LogP contribution in [0.5, 0.6) is 0 Å². The number of benzene rings is 1. The highest BCUT2D eigenvalue weighted by atomic mass is 19.1. The summed E-state index contributed by atoms with van der Waals surface area (Å²) in [5, 5.41) is 0. The number of hydrogen-bond donors (Lipinski definition) is 0. The lowest BCUT2D eigenvalue weighted by Gasteiger charge is -2.37. The second-order valence-corrected chi connectivity index (χ2v) is 9.10. The Morgan fingerprint density at radius 1 is 0.897 bits per heavy atom. The molecule has 0 aromatic heterocycles. The fourth-order valence-corrected chi connectivity index (χ4v) is 5.39. The molecule has 2 saturated carbocycles. The minimum atomic E-state index is -0.454. The van der Waals surface area contributed by atoms with Gasteiger partial charge in [-0.2, -0.15) is 0 Å². The molecule has 0 aliphatic heterocycles. The SMILES string of the molecule is CCC/C=C/[C@H]1CC[C@H](C2CCC(c3cc(F)c(COCC)c(F)c3)CC2)CC1. The second kappa shape index (κ2) is 11.2. The van der Waals surface area contributed by atoms with Gasteiger partial charge in [-0.3, -0.25) is 0 Å². The fraction of sp³-hybridized carbons (Fsp3) is 0.692. The first-order valence-corrected chi connectivity index (χ1v) is 11.8. The summed E-state index contributed by atoms with van der Waals surface area (Å²) >= 11 is 0. The monoisotopic (exact) mass is 404 g/mol. The average Bonchev–Trinajstić information content (AvgIpc) is 2.74. The van der Waals surface area contributed by atoms with Crippen molar-refractivity contribution in [2.45, 2.75) is 90.6 Å². The van der Waals surface area contributed by atoms with Crippen molar-refractivity contribution in [1.29, 1.82) is 0 Å². The smallest absolute Gasteiger partial charge is 0.131 e. The molecule has 0 spiro atoms. The van der Waals surface area contributed by atoms with Crippen LogP contribution < -0.4 is 0 Å². The van der Waals surface area contributed by atoms with Crippen molar-refractivity contribution in [1.82, 2.24) is 0 Å². The molecule has 1 aromatic carbocycles. The summed E-state index contributed by atoms with van der Waals surface area (Å²) in [7, 11) is 0. The van der Waals surface area contributed by atoms with Crippen molar-refractivity contribution in [3.05, 3.63) is 47.0 Å². The molecule has 0 atom stereocenters. The zero-order chi connectivity index (χ0) is 20.6. The molecular weight excluding hydrogens is 366 g/mol. The number of allylic oxidation sites excluding steroid dienone is 2. The van der Waals surface area contributed by atoms with E-state index >= 15 is 0 Å². The van der Waals surface area contributed by atoms with Crippen LogP contribution in [0.15, 0.2) is 24.3 Å². The second-order valence-electron chi connectivity index (χ2n) is 9.10. The average molecular weight is 405 g/mol. The molecule has 0 bridgehead atoms. The summed E-state index contributed by atoms with van der Waals surface area (Å²) in [5.41, 5.74) is 0.900. The molecule has 29 heavy (non-hydrogen) atoms. The lowest BCUT2D eigenvalue weighted by molar-refractivity contribution is 0.128. The number of ether oxygens (including phenoxy) is 1. The van der Waals surface area contributed by atoms with Crippen LogP contribution in [0, 0.1) is 29.4 Å². The maximum Gasteiger partial charge on any atom is 0.131 e. The van der Waals surface area contributed by atoms with Gasteiger partial charge in [0.2, 0.25) is 0 Å². The third-order valence-corrected chi connectivity index (χ3v) is 7.20. The molecule has 3 heteroatoms. The van der Waals surface area contributed by atoms with Crippen LogP contribution >= 0.6 is 0 Å². The van der Waals surface area contributed by atoms with Gasteiger partial charge >= 0.3 is 0 Å². The molecule has 0 unspecified atom stereocenters. The Labute approximate surface area is 175 Å². The Kier molecular flexibility index (Phi) is 8.71. The Balaban J connectivity index is 1.50. The highest BCUT2D eigenvalue weighted by Crippen LogP contribution is 2.44. The first-order chi connectivity index (χ1) is 14.1. The van der Waals surface area contributed by atoms with Crippen molar-refractivity contribution in [3.63, 3.8) is 0 Å². The van der Waals surface area contributed by atoms with Gasteiger partial charge in [0.15, 0.2) is 0 Å². The van der Waals surface area contributed by atoms with Crippen LogP contribution in [0.25, 0.3) is 0 Å². The first kappa shape index (κ1) is 22.5. The van der Waals surface area contributed by atoms with E-state index in [0.717, 1.165) is 36.2 Å². The van der Waals surface area contributed by atoms with Crippen molar-refractivity contribution in [2.75, 3.05) is 6.61 Å². The number of halogens is 2. The zero-order valence-electron chi connectivity index (χ0n) is 18.3. The highest BCUT2D eigenvalue weighted by molar-refractivity contribution is 5.28. The molecule has 0 N–H and O–H groups in total. The van der Waals surface area contributed by atoms with Crippen LogP contribution in [0.4, 0.5) is 8.78 Å². The van der Waals surface area contributed by atoms with Gasteiger partial charge in [0.25, 0.3) is 0 Å². The number of hydrogen-bond acceptors (Lipinski definition) is 1. The first-order valence-electron chi connectivity index (χ1n) is 11.8. The highest BCUT2D eigenvalue weighted by Gasteiger charge is 2.31. The van der Waals surface area contributed by atoms with Crippen LogP contribution in [-0.4, -0.2) is 6.61 Å². The van der Waals surface area contributed by atoms with Crippen molar-refractivity contribution < 1.29 is 13.5 Å². The number of rotatable bonds is 8. The van der Waals surface area contributed by atoms with E-state index in [9.17, 15) is 8.78 Å². The molecule has 2 aliphatic carbocycles. The van der Waals surface area contributed by atoms with E-state index in [4.69, 9.17) is 4.74 Å². The summed E-state index contributed by atoms with van der Waals surface area (Å²) in [6.07, 6.45) is 17.2. The molecule has 1 nitrogen and oxygen atoms in total. The molecule has 0 amide bonds. The maximum absolute atomic E-state index is 14.4. The summed E-state index contributed by atoms with van der Waals surface area (Å²) in [5.74, 6) is 1.84. The van der Waals surface area contributed by atoms with Crippen molar-refractivity contribution in [3.8, 4) is 0 Å². The standard InChI is InChI=1S/C26H38F2O/c1-3-5-6-7-19-8-10-20(11-9-19)21-12-14-22(15-13-21)23-16-25(27)24(18-29-4-2)26(28)17-23/h6-7,16-17,19-22H,3-5,8-15,18H2,1-2H3/b7-6+/t19-,20-,21?,22?. The molecule has 0 radical (unpaired) electrons. The topological polar surface area (TPSA) is 9.23 Å². The Hall–Kier alpha value is -1.22. The third kappa shape index (κ3) is 6.13. The quantitative estimate of drug-likeness (QED) is 0.400. The van der Waals surface area contributed by atoms with Gasteiger partial charge < -0.3 is 4.74 Å². The van der Waals surface area contributed by atoms with Crippen LogP contribution in [0.3, 0.4) is 0 Å². The molecule has 2 fully saturated rings. The minimum absolute atomic E-state index is 0.0114. The number of unbranched alkanes of at least 4 members (excludes halogenated alkanes) is 1. The van der Waals surface area contributed by atoms with E-state index in [1.165, 1.54) is 51.4 Å². The van der Waals surface area contributed by atoms with E-state index in [1.54, 1.807) is 12.1 Å². The van der Waals surface area contributed by atoms with Gasteiger partial charge in [-0.15, -0.1) is 0 Å². The Morgan fingerprint density at radius 2 is 1.48 bits per heavy atom. The van der Waals surface area contributed by atoms with Gasteiger partial charge in [-0.1, -0.05) is 25.5 Å². The summed E-state index contributed by atoms with van der Waals surface area (Å²) in [6, 6.07) is 3.10. The molecule has 162 valence electrons. The lowest BCUT2D eigenvalue weighted by Crippen LogP contribution is -2.25. The van der Waals surface area contributed by atoms with E-state index in [2.05, 4.69) is 19.1 Å². The maximum atomic E-state index is 14.4. The van der Waals surface area contributed by atoms with Crippen LogP contribution in [0.2, 0.25) is 0 Å². The Morgan fingerprint density at radius 3 is 2.03 bits per heavy atom. The summed E-state index contributed by atoms with van der Waals surface area (Å²) in [6.45, 7) is 4.53. The normalized spacial score (nSPS) is 28.1. The predicted molar refractivity (Wildman–Crippen MR) is 116 cm³/mol. The summed E-state index contributed by atoms with van der Waals surface area (Å²) < 4.78 is 34.0.